The van der Waals surface area contributed by atoms with Gasteiger partial charge in [-0.2, -0.15) is 0 Å². The fourth-order valence-corrected chi connectivity index (χ4v) is 7.29. The molecule has 2 saturated carbocycles. The summed E-state index contributed by atoms with van der Waals surface area (Å²) in [5.41, 5.74) is 2.63. The number of primary sulfonamides is 1. The predicted octanol–water partition coefficient (Wildman–Crippen LogP) is 3.89. The molecule has 5 rings (SSSR count). The molecule has 3 N–H and O–H groups in total. The summed E-state index contributed by atoms with van der Waals surface area (Å²) in [5.74, 6) is 1.92. The molecule has 0 aliphatic heterocycles. The van der Waals surface area contributed by atoms with Gasteiger partial charge in [-0.1, -0.05) is 13.0 Å². The summed E-state index contributed by atoms with van der Waals surface area (Å²) >= 11 is 0. The Morgan fingerprint density at radius 3 is 2.62 bits per heavy atom. The second kappa shape index (κ2) is 8.57. The Balaban J connectivity index is 1.21. The van der Waals surface area contributed by atoms with Gasteiger partial charge in [0.2, 0.25) is 10.0 Å². The number of sulfonamides is 1. The fourth-order valence-electron chi connectivity index (χ4n) is 6.77. The van der Waals surface area contributed by atoms with Crippen LogP contribution in [0.15, 0.2) is 47.4 Å². The van der Waals surface area contributed by atoms with Crippen LogP contribution < -0.4 is 9.88 Å². The number of hydrogen-bond donors (Lipinski definition) is 2. The number of carbonyl (C=O) groups is 1. The van der Waals surface area contributed by atoms with E-state index in [-0.39, 0.29) is 23.0 Å². The highest BCUT2D eigenvalue weighted by Crippen LogP contribution is 2.61. The van der Waals surface area contributed by atoms with E-state index in [4.69, 9.17) is 14.6 Å². The van der Waals surface area contributed by atoms with Gasteiger partial charge in [-0.15, -0.1) is 0 Å². The topological polar surface area (TPSA) is 116 Å². The van der Waals surface area contributed by atoms with E-state index < -0.39 is 16.0 Å². The van der Waals surface area contributed by atoms with E-state index in [0.29, 0.717) is 29.3 Å². The van der Waals surface area contributed by atoms with E-state index in [1.54, 1.807) is 6.07 Å². The predicted molar refractivity (Wildman–Crippen MR) is 126 cm³/mol. The van der Waals surface area contributed by atoms with Crippen molar-refractivity contribution in [3.63, 3.8) is 0 Å². The summed E-state index contributed by atoms with van der Waals surface area (Å²) in [5, 5.41) is 15.0. The number of nitrogens with two attached hydrogens (primary N) is 1. The van der Waals surface area contributed by atoms with Crippen LogP contribution in [0.3, 0.4) is 0 Å². The van der Waals surface area contributed by atoms with Gasteiger partial charge < -0.3 is 14.6 Å². The minimum absolute atomic E-state index is 0.00918. The lowest BCUT2D eigenvalue weighted by Crippen LogP contribution is -2.45. The van der Waals surface area contributed by atoms with E-state index in [1.807, 2.05) is 6.07 Å². The number of phenols is 1. The molecule has 34 heavy (non-hydrogen) atoms. The van der Waals surface area contributed by atoms with Crippen molar-refractivity contribution in [2.24, 2.45) is 22.4 Å². The zero-order valence-corrected chi connectivity index (χ0v) is 20.1. The van der Waals surface area contributed by atoms with Crippen LogP contribution in [-0.4, -0.2) is 32.2 Å². The second-order valence-corrected chi connectivity index (χ2v) is 11.8. The molecule has 8 heteroatoms. The van der Waals surface area contributed by atoms with Gasteiger partial charge in [0.1, 0.15) is 17.6 Å². The standard InChI is InChI=1S/C26H31NO6S/c1-26-13-12-21-20-9-3-17(28)14-16(20)2-8-22(21)23(26)10-11-24(26)33-25(29)15-32-18-4-6-19(7-5-18)34(27,30)31/h3-7,9,14,21-24,28H,2,8,10-13,15H2,1H3,(H2,27,30,31)/t21?,22?,23?,24-,26-/m0/s1. The van der Waals surface area contributed by atoms with Gasteiger partial charge in [0.25, 0.3) is 0 Å². The van der Waals surface area contributed by atoms with Crippen molar-refractivity contribution >= 4 is 16.0 Å². The molecule has 3 unspecified atom stereocenters. The molecule has 5 atom stereocenters. The summed E-state index contributed by atoms with van der Waals surface area (Å²) in [6, 6.07) is 11.5. The number of ether oxygens (including phenoxy) is 2. The number of benzene rings is 2. The number of aromatic hydroxyl groups is 1. The highest BCUT2D eigenvalue weighted by molar-refractivity contribution is 7.89. The lowest BCUT2D eigenvalue weighted by atomic mass is 9.55. The molecular formula is C26H31NO6S. The Labute approximate surface area is 200 Å². The van der Waals surface area contributed by atoms with Crippen molar-refractivity contribution in [1.29, 1.82) is 0 Å². The molecule has 0 amide bonds. The van der Waals surface area contributed by atoms with Crippen LogP contribution in [0.25, 0.3) is 0 Å². The maximum Gasteiger partial charge on any atom is 0.344 e. The Morgan fingerprint density at radius 1 is 1.12 bits per heavy atom. The molecule has 0 aromatic heterocycles. The molecule has 0 heterocycles. The van der Waals surface area contributed by atoms with Crippen molar-refractivity contribution in [2.75, 3.05) is 6.61 Å². The van der Waals surface area contributed by atoms with Crippen LogP contribution in [0.1, 0.15) is 56.1 Å². The normalized spacial score (nSPS) is 30.1. The second-order valence-electron chi connectivity index (χ2n) is 10.2. The van der Waals surface area contributed by atoms with Crippen molar-refractivity contribution in [1.82, 2.24) is 0 Å². The summed E-state index contributed by atoms with van der Waals surface area (Å²) in [6.45, 7) is 2.05. The number of rotatable bonds is 5. The monoisotopic (exact) mass is 485 g/mol. The highest BCUT2D eigenvalue weighted by Gasteiger charge is 2.56. The average molecular weight is 486 g/mol. The number of fused-ring (bicyclic) bond motifs is 5. The Bertz CT molecular complexity index is 1190. The number of esters is 1. The molecule has 2 aromatic carbocycles. The van der Waals surface area contributed by atoms with E-state index in [0.717, 1.165) is 38.5 Å². The smallest absolute Gasteiger partial charge is 0.344 e. The lowest BCUT2D eigenvalue weighted by molar-refractivity contribution is -0.159. The first-order chi connectivity index (χ1) is 16.1. The third-order valence-corrected chi connectivity index (χ3v) is 9.34. The van der Waals surface area contributed by atoms with Gasteiger partial charge in [-0.05, 0) is 104 Å². The molecule has 2 fully saturated rings. The molecule has 182 valence electrons. The minimum atomic E-state index is -3.77. The molecule has 3 aliphatic rings. The minimum Gasteiger partial charge on any atom is -0.508 e. The maximum absolute atomic E-state index is 12.6. The average Bonchev–Trinajstić information content (AvgIpc) is 3.13. The Morgan fingerprint density at radius 2 is 1.88 bits per heavy atom. The molecule has 7 nitrogen and oxygen atoms in total. The summed E-state index contributed by atoms with van der Waals surface area (Å²) in [7, 11) is -3.77. The van der Waals surface area contributed by atoms with Crippen LogP contribution >= 0.6 is 0 Å². The molecular weight excluding hydrogens is 454 g/mol. The third-order valence-electron chi connectivity index (χ3n) is 8.41. The number of carbonyl (C=O) groups excluding carboxylic acids is 1. The largest absolute Gasteiger partial charge is 0.508 e. The van der Waals surface area contributed by atoms with E-state index in [9.17, 15) is 18.3 Å². The van der Waals surface area contributed by atoms with Crippen LogP contribution in [-0.2, 0) is 26.0 Å². The lowest BCUT2D eigenvalue weighted by Gasteiger charge is -2.50. The van der Waals surface area contributed by atoms with Crippen LogP contribution in [0.5, 0.6) is 11.5 Å². The fraction of sp³-hybridized carbons (Fsp3) is 0.500. The van der Waals surface area contributed by atoms with Crippen molar-refractivity contribution in [2.45, 2.75) is 62.4 Å². The SMILES string of the molecule is C[C@]12CCC3c4ccc(O)cc4CCC3C1CC[C@@H]2OC(=O)COc1ccc(S(N)(=O)=O)cc1. The molecule has 0 radical (unpaired) electrons. The highest BCUT2D eigenvalue weighted by atomic mass is 32.2. The number of phenolic OH excluding ortho intramolecular Hbond substituents is 1. The quantitative estimate of drug-likeness (QED) is 0.621. The first kappa shape index (κ1) is 23.2. The molecule has 0 spiro atoms. The van der Waals surface area contributed by atoms with Gasteiger partial charge in [-0.25, -0.2) is 18.4 Å². The van der Waals surface area contributed by atoms with Crippen molar-refractivity contribution < 1.29 is 27.8 Å². The van der Waals surface area contributed by atoms with Crippen molar-refractivity contribution in [3.05, 3.63) is 53.6 Å². The van der Waals surface area contributed by atoms with Crippen LogP contribution in [0, 0.1) is 17.3 Å². The third kappa shape index (κ3) is 4.18. The summed E-state index contributed by atoms with van der Waals surface area (Å²) < 4.78 is 34.2. The summed E-state index contributed by atoms with van der Waals surface area (Å²) in [6.07, 6.45) is 5.96. The van der Waals surface area contributed by atoms with Crippen LogP contribution in [0.2, 0.25) is 0 Å². The van der Waals surface area contributed by atoms with Gasteiger partial charge in [0.15, 0.2) is 6.61 Å². The number of aryl methyl sites for hydroxylation is 1. The summed E-state index contributed by atoms with van der Waals surface area (Å²) in [4.78, 5) is 12.6. The molecule has 2 aromatic rings. The van der Waals surface area contributed by atoms with Crippen molar-refractivity contribution in [3.8, 4) is 11.5 Å². The Kier molecular flexibility index (Phi) is 5.84. The first-order valence-corrected chi connectivity index (χ1v) is 13.5. The van der Waals surface area contributed by atoms with E-state index in [1.165, 1.54) is 35.4 Å². The van der Waals surface area contributed by atoms with Gasteiger partial charge in [0.05, 0.1) is 4.90 Å². The molecule has 0 bridgehead atoms. The van der Waals surface area contributed by atoms with Gasteiger partial charge >= 0.3 is 5.97 Å². The van der Waals surface area contributed by atoms with Gasteiger partial charge in [-0.3, -0.25) is 0 Å². The van der Waals surface area contributed by atoms with Gasteiger partial charge in [0, 0.05) is 5.41 Å². The first-order valence-electron chi connectivity index (χ1n) is 11.9. The maximum atomic E-state index is 12.6. The Hall–Kier alpha value is -2.58. The van der Waals surface area contributed by atoms with E-state index in [2.05, 4.69) is 13.0 Å². The van der Waals surface area contributed by atoms with E-state index >= 15 is 0 Å². The molecule has 0 saturated heterocycles. The van der Waals surface area contributed by atoms with Crippen LogP contribution in [0.4, 0.5) is 0 Å². The zero-order valence-electron chi connectivity index (χ0n) is 19.3. The number of hydrogen-bond acceptors (Lipinski definition) is 6. The molecule has 3 aliphatic carbocycles. The zero-order chi connectivity index (χ0) is 24.1.